The summed E-state index contributed by atoms with van der Waals surface area (Å²) in [5.74, 6) is -1.68. The van der Waals surface area contributed by atoms with E-state index in [1.54, 1.807) is 0 Å². The molecule has 0 aliphatic carbocycles. The molecule has 0 heterocycles. The van der Waals surface area contributed by atoms with Crippen LogP contribution in [0.1, 0.15) is 45.4 Å². The van der Waals surface area contributed by atoms with Crippen molar-refractivity contribution in [2.75, 3.05) is 106 Å². The molecule has 0 saturated heterocycles. The van der Waals surface area contributed by atoms with E-state index in [0.717, 1.165) is 12.8 Å². The van der Waals surface area contributed by atoms with Crippen molar-refractivity contribution < 1.29 is 57.4 Å². The summed E-state index contributed by atoms with van der Waals surface area (Å²) in [5, 5.41) is 10.9. The first-order chi connectivity index (χ1) is 19.1. The monoisotopic (exact) mass is 567 g/mol. The molecule has 0 unspecified atom stereocenters. The molecule has 2 N–H and O–H groups in total. The third-order valence-corrected chi connectivity index (χ3v) is 4.86. The molecule has 1 amide bonds. The van der Waals surface area contributed by atoms with Gasteiger partial charge in [-0.2, -0.15) is 0 Å². The molecule has 0 bridgehead atoms. The van der Waals surface area contributed by atoms with Gasteiger partial charge in [0.1, 0.15) is 19.8 Å². The van der Waals surface area contributed by atoms with Gasteiger partial charge in [-0.15, -0.1) is 0 Å². The van der Waals surface area contributed by atoms with Crippen molar-refractivity contribution in [3.63, 3.8) is 0 Å². The molecule has 0 aliphatic rings. The SMILES string of the molecule is CCCCCCCC(=O)OCCOCCOCCOCCOCCOCCOCCNC(=O)COCC(=O)O. The molecule has 13 nitrogen and oxygen atoms in total. The molecule has 39 heavy (non-hydrogen) atoms. The van der Waals surface area contributed by atoms with E-state index in [2.05, 4.69) is 17.0 Å². The highest BCUT2D eigenvalue weighted by atomic mass is 16.6. The van der Waals surface area contributed by atoms with E-state index in [4.69, 9.17) is 38.3 Å². The first-order valence-corrected chi connectivity index (χ1v) is 13.7. The van der Waals surface area contributed by atoms with Crippen LogP contribution >= 0.6 is 0 Å². The lowest BCUT2D eigenvalue weighted by Crippen LogP contribution is -2.31. The Morgan fingerprint density at radius 3 is 1.51 bits per heavy atom. The number of rotatable bonds is 31. The van der Waals surface area contributed by atoms with E-state index in [1.165, 1.54) is 19.3 Å². The minimum atomic E-state index is -1.12. The standard InChI is InChI=1S/C26H49NO12/c1-2-3-4-5-6-7-26(31)39-21-20-37-19-18-36-17-16-35-15-14-34-13-12-33-11-10-32-9-8-27-24(28)22-38-23-25(29)30/h2-23H2,1H3,(H,27,28)(H,29,30). The Morgan fingerprint density at radius 2 is 1.03 bits per heavy atom. The van der Waals surface area contributed by atoms with E-state index in [1.807, 2.05) is 0 Å². The largest absolute Gasteiger partial charge is 0.480 e. The van der Waals surface area contributed by atoms with Crippen molar-refractivity contribution in [3.05, 3.63) is 0 Å². The van der Waals surface area contributed by atoms with Crippen LogP contribution < -0.4 is 5.32 Å². The fraction of sp³-hybridized carbons (Fsp3) is 0.885. The van der Waals surface area contributed by atoms with Gasteiger partial charge in [0, 0.05) is 13.0 Å². The van der Waals surface area contributed by atoms with E-state index in [-0.39, 0.29) is 19.2 Å². The highest BCUT2D eigenvalue weighted by Gasteiger charge is 2.04. The Kier molecular flexibility index (Phi) is 29.2. The molecule has 0 aromatic heterocycles. The predicted octanol–water partition coefficient (Wildman–Crippen LogP) is 1.21. The number of carbonyl (C=O) groups excluding carboxylic acids is 2. The minimum absolute atomic E-state index is 0.160. The van der Waals surface area contributed by atoms with Gasteiger partial charge in [-0.25, -0.2) is 4.79 Å². The van der Waals surface area contributed by atoms with Crippen LogP contribution in [0.4, 0.5) is 0 Å². The second-order valence-corrected chi connectivity index (χ2v) is 8.30. The highest BCUT2D eigenvalue weighted by Crippen LogP contribution is 2.05. The van der Waals surface area contributed by atoms with E-state index in [9.17, 15) is 14.4 Å². The second kappa shape index (κ2) is 30.7. The summed E-state index contributed by atoms with van der Waals surface area (Å²) in [7, 11) is 0. The van der Waals surface area contributed by atoms with Crippen LogP contribution in [0.15, 0.2) is 0 Å². The quantitative estimate of drug-likeness (QED) is 0.0913. The Bertz CT molecular complexity index is 579. The third kappa shape index (κ3) is 32.2. The maximum absolute atomic E-state index is 11.6. The zero-order valence-corrected chi connectivity index (χ0v) is 23.5. The van der Waals surface area contributed by atoms with E-state index in [0.29, 0.717) is 92.2 Å². The van der Waals surface area contributed by atoms with Crippen LogP contribution in [-0.2, 0) is 52.3 Å². The number of hydrogen-bond donors (Lipinski definition) is 2. The molecule has 230 valence electrons. The maximum atomic E-state index is 11.6. The van der Waals surface area contributed by atoms with Crippen LogP contribution in [0.5, 0.6) is 0 Å². The van der Waals surface area contributed by atoms with Crippen LogP contribution in [-0.4, -0.2) is 129 Å². The van der Waals surface area contributed by atoms with Gasteiger partial charge in [-0.1, -0.05) is 32.6 Å². The lowest BCUT2D eigenvalue weighted by atomic mass is 10.1. The molecule has 0 aromatic rings. The number of ether oxygens (including phenoxy) is 8. The van der Waals surface area contributed by atoms with Gasteiger partial charge in [-0.3, -0.25) is 9.59 Å². The van der Waals surface area contributed by atoms with Crippen LogP contribution in [0.25, 0.3) is 0 Å². The average molecular weight is 568 g/mol. The number of aliphatic carboxylic acids is 1. The first kappa shape index (κ1) is 37.1. The molecule has 0 aromatic carbocycles. The number of esters is 1. The fourth-order valence-corrected chi connectivity index (χ4v) is 2.91. The fourth-order valence-electron chi connectivity index (χ4n) is 2.91. The summed E-state index contributed by atoms with van der Waals surface area (Å²) in [6, 6.07) is 0. The maximum Gasteiger partial charge on any atom is 0.329 e. The summed E-state index contributed by atoms with van der Waals surface area (Å²) in [6.07, 6.45) is 6.02. The summed E-state index contributed by atoms with van der Waals surface area (Å²) in [5.41, 5.74) is 0. The molecule has 0 saturated carbocycles. The Morgan fingerprint density at radius 1 is 0.564 bits per heavy atom. The predicted molar refractivity (Wildman–Crippen MR) is 141 cm³/mol. The number of unbranched alkanes of at least 4 members (excludes halogenated alkanes) is 4. The summed E-state index contributed by atoms with van der Waals surface area (Å²) in [6.45, 7) is 6.99. The summed E-state index contributed by atoms with van der Waals surface area (Å²) >= 11 is 0. The molecule has 13 heteroatoms. The van der Waals surface area contributed by atoms with E-state index < -0.39 is 18.5 Å². The third-order valence-electron chi connectivity index (χ3n) is 4.86. The zero-order valence-electron chi connectivity index (χ0n) is 23.5. The van der Waals surface area contributed by atoms with Crippen LogP contribution in [0.3, 0.4) is 0 Å². The lowest BCUT2D eigenvalue weighted by molar-refractivity contribution is -0.146. The van der Waals surface area contributed by atoms with Gasteiger partial charge >= 0.3 is 11.9 Å². The number of carbonyl (C=O) groups is 3. The van der Waals surface area contributed by atoms with Gasteiger partial charge in [0.25, 0.3) is 0 Å². The molecule has 0 rings (SSSR count). The van der Waals surface area contributed by atoms with Gasteiger partial charge in [0.15, 0.2) is 0 Å². The van der Waals surface area contributed by atoms with Gasteiger partial charge < -0.3 is 48.3 Å². The minimum Gasteiger partial charge on any atom is -0.480 e. The molecule has 0 aliphatic heterocycles. The van der Waals surface area contributed by atoms with Gasteiger partial charge in [-0.05, 0) is 6.42 Å². The first-order valence-electron chi connectivity index (χ1n) is 13.7. The number of nitrogens with one attached hydrogen (secondary N) is 1. The Hall–Kier alpha value is -1.87. The van der Waals surface area contributed by atoms with Crippen molar-refractivity contribution in [2.45, 2.75) is 45.4 Å². The normalized spacial score (nSPS) is 11.0. The van der Waals surface area contributed by atoms with Crippen LogP contribution in [0, 0.1) is 0 Å². The second-order valence-electron chi connectivity index (χ2n) is 8.30. The van der Waals surface area contributed by atoms with Gasteiger partial charge in [0.05, 0.1) is 79.3 Å². The number of carboxylic acids is 1. The Balaban J connectivity index is 3.15. The summed E-state index contributed by atoms with van der Waals surface area (Å²) in [4.78, 5) is 33.2. The van der Waals surface area contributed by atoms with Crippen molar-refractivity contribution in [3.8, 4) is 0 Å². The Labute approximate surface area is 232 Å². The lowest BCUT2D eigenvalue weighted by Gasteiger charge is -2.09. The van der Waals surface area contributed by atoms with Gasteiger partial charge in [0.2, 0.25) is 5.91 Å². The van der Waals surface area contributed by atoms with Crippen molar-refractivity contribution in [1.82, 2.24) is 5.32 Å². The smallest absolute Gasteiger partial charge is 0.329 e. The zero-order chi connectivity index (χ0) is 28.7. The number of hydrogen-bond acceptors (Lipinski definition) is 11. The van der Waals surface area contributed by atoms with Crippen molar-refractivity contribution in [2.24, 2.45) is 0 Å². The average Bonchev–Trinajstić information content (AvgIpc) is 2.91. The van der Waals surface area contributed by atoms with E-state index >= 15 is 0 Å². The van der Waals surface area contributed by atoms with Crippen molar-refractivity contribution >= 4 is 17.8 Å². The summed E-state index contributed by atoms with van der Waals surface area (Å²) < 4.78 is 42.1. The molecular weight excluding hydrogens is 518 g/mol. The molecule has 0 radical (unpaired) electrons. The molecule has 0 spiro atoms. The van der Waals surface area contributed by atoms with Crippen molar-refractivity contribution in [1.29, 1.82) is 0 Å². The van der Waals surface area contributed by atoms with Crippen LogP contribution in [0.2, 0.25) is 0 Å². The topological polar surface area (TPSA) is 157 Å². The molecule has 0 atom stereocenters. The molecule has 0 fully saturated rings. The highest BCUT2D eigenvalue weighted by molar-refractivity contribution is 5.77. The molecular formula is C26H49NO12. The number of carboxylic acid groups (broad SMARTS) is 1. The number of amides is 1.